The number of hydrogen-bond acceptors (Lipinski definition) is 8. The Kier molecular flexibility index (Phi) is 10.5. The number of piperazine rings is 1. The van der Waals surface area contributed by atoms with Crippen molar-refractivity contribution in [2.45, 2.75) is 58.3 Å². The number of carbonyl (C=O) groups is 1. The van der Waals surface area contributed by atoms with Gasteiger partial charge in [0.05, 0.1) is 6.04 Å². The van der Waals surface area contributed by atoms with Gasteiger partial charge in [-0.2, -0.15) is 10.2 Å². The third-order valence-electron chi connectivity index (χ3n) is 8.76. The molecule has 2 aromatic rings. The number of aromatic nitrogens is 1. The number of likely N-dealkylation sites (N-methyl/N-ethyl adjacent to an activating group) is 1. The van der Waals surface area contributed by atoms with Crippen LogP contribution in [-0.4, -0.2) is 90.6 Å². The SMILES string of the molecule is CC(C)C(N)C(=O)N1CCN(c2nc(OC[C@@H]3CCCN3C)c(C#N)c3c2CCN(Cc2ccccc2)C3)CC1.Cl. The summed E-state index contributed by atoms with van der Waals surface area (Å²) in [5.74, 6) is 1.47. The number of nitrogens with two attached hydrogens (primary N) is 1. The van der Waals surface area contributed by atoms with E-state index in [1.54, 1.807) is 0 Å². The van der Waals surface area contributed by atoms with Gasteiger partial charge in [-0.1, -0.05) is 44.2 Å². The smallest absolute Gasteiger partial charge is 0.239 e. The summed E-state index contributed by atoms with van der Waals surface area (Å²) in [5, 5.41) is 10.3. The van der Waals surface area contributed by atoms with Crippen molar-refractivity contribution >= 4 is 24.1 Å². The minimum atomic E-state index is -0.475. The van der Waals surface area contributed by atoms with Crippen LogP contribution in [0.1, 0.15) is 48.9 Å². The molecule has 2 atom stereocenters. The number of ether oxygens (including phenoxy) is 1. The lowest BCUT2D eigenvalue weighted by atomic mass is 9.95. The van der Waals surface area contributed by atoms with Crippen LogP contribution in [0, 0.1) is 17.2 Å². The van der Waals surface area contributed by atoms with Crippen LogP contribution in [0.15, 0.2) is 30.3 Å². The van der Waals surface area contributed by atoms with Crippen molar-refractivity contribution in [1.29, 1.82) is 5.26 Å². The number of carbonyl (C=O) groups excluding carboxylic acids is 1. The Balaban J connectivity index is 0.00000387. The summed E-state index contributed by atoms with van der Waals surface area (Å²) in [5.41, 5.74) is 10.2. The van der Waals surface area contributed by atoms with Gasteiger partial charge in [0.15, 0.2) is 0 Å². The topological polar surface area (TPSA) is 102 Å². The number of amides is 1. The molecule has 1 unspecified atom stereocenters. The number of nitriles is 1. The number of anilines is 1. The van der Waals surface area contributed by atoms with Crippen LogP contribution >= 0.6 is 12.4 Å². The average Bonchev–Trinajstić information content (AvgIpc) is 3.39. The van der Waals surface area contributed by atoms with Gasteiger partial charge in [-0.3, -0.25) is 9.69 Å². The quantitative estimate of drug-likeness (QED) is 0.508. The van der Waals surface area contributed by atoms with E-state index in [0.29, 0.717) is 56.8 Å². The van der Waals surface area contributed by atoms with E-state index in [2.05, 4.69) is 52.1 Å². The number of rotatable bonds is 8. The highest BCUT2D eigenvalue weighted by Crippen LogP contribution is 2.36. The van der Waals surface area contributed by atoms with E-state index in [9.17, 15) is 10.1 Å². The van der Waals surface area contributed by atoms with E-state index in [1.807, 2.05) is 24.8 Å². The van der Waals surface area contributed by atoms with E-state index >= 15 is 0 Å². The lowest BCUT2D eigenvalue weighted by Gasteiger charge is -2.39. The third-order valence-corrected chi connectivity index (χ3v) is 8.76. The fraction of sp³-hybridized carbons (Fsp3) is 0.581. The molecule has 3 aliphatic heterocycles. The fourth-order valence-corrected chi connectivity index (χ4v) is 6.10. The Bertz CT molecular complexity index is 1230. The van der Waals surface area contributed by atoms with Crippen LogP contribution in [0.5, 0.6) is 5.88 Å². The molecular formula is C31H44ClN7O2. The van der Waals surface area contributed by atoms with Gasteiger partial charge in [0.2, 0.25) is 11.8 Å². The zero-order valence-corrected chi connectivity index (χ0v) is 25.4. The van der Waals surface area contributed by atoms with E-state index in [1.165, 1.54) is 5.56 Å². The van der Waals surface area contributed by atoms with Gasteiger partial charge >= 0.3 is 0 Å². The Morgan fingerprint density at radius 3 is 2.49 bits per heavy atom. The predicted octanol–water partition coefficient (Wildman–Crippen LogP) is 3.04. The van der Waals surface area contributed by atoms with Gasteiger partial charge in [0.25, 0.3) is 0 Å². The van der Waals surface area contributed by atoms with E-state index in [4.69, 9.17) is 15.5 Å². The van der Waals surface area contributed by atoms with E-state index in [-0.39, 0.29) is 24.2 Å². The van der Waals surface area contributed by atoms with Gasteiger partial charge in [-0.15, -0.1) is 12.4 Å². The van der Waals surface area contributed by atoms with Gasteiger partial charge < -0.3 is 25.2 Å². The standard InChI is InChI=1S/C31H43N7O2.ClH/c1-22(2)28(33)31(39)38-16-14-37(15-17-38)29-25-11-13-36(19-23-8-5-4-6-9-23)20-27(25)26(18-32)30(34-29)40-21-24-10-7-12-35(24)3;/h4-6,8-9,22,24,28H,7,10-17,19-21,33H2,1-3H3;1H/t24-,28?;/m0./s1. The molecule has 0 aliphatic carbocycles. The molecule has 0 saturated carbocycles. The molecule has 5 rings (SSSR count). The van der Waals surface area contributed by atoms with E-state index in [0.717, 1.165) is 55.8 Å². The molecule has 1 amide bonds. The molecule has 2 fully saturated rings. The molecule has 2 N–H and O–H groups in total. The molecule has 2 saturated heterocycles. The molecule has 4 heterocycles. The summed E-state index contributed by atoms with van der Waals surface area (Å²) in [4.78, 5) is 26.8. The molecule has 1 aromatic carbocycles. The van der Waals surface area contributed by atoms with Crippen LogP contribution in [0.25, 0.3) is 0 Å². The predicted molar refractivity (Wildman–Crippen MR) is 163 cm³/mol. The van der Waals surface area contributed by atoms with Crippen LogP contribution in [0.4, 0.5) is 5.82 Å². The first-order valence-electron chi connectivity index (χ1n) is 14.7. The molecule has 222 valence electrons. The minimum absolute atomic E-state index is 0. The van der Waals surface area contributed by atoms with Crippen molar-refractivity contribution in [3.8, 4) is 11.9 Å². The largest absolute Gasteiger partial charge is 0.475 e. The highest BCUT2D eigenvalue weighted by atomic mass is 35.5. The second-order valence-electron chi connectivity index (χ2n) is 11.8. The maximum Gasteiger partial charge on any atom is 0.239 e. The molecular weight excluding hydrogens is 538 g/mol. The summed E-state index contributed by atoms with van der Waals surface area (Å²) in [6, 6.07) is 12.8. The zero-order valence-electron chi connectivity index (χ0n) is 24.6. The Labute approximate surface area is 250 Å². The fourth-order valence-electron chi connectivity index (χ4n) is 6.10. The Morgan fingerprint density at radius 2 is 1.85 bits per heavy atom. The first-order chi connectivity index (χ1) is 19.4. The number of hydrogen-bond donors (Lipinski definition) is 1. The normalized spacial score (nSPS) is 20.3. The summed E-state index contributed by atoms with van der Waals surface area (Å²) in [6.07, 6.45) is 3.08. The summed E-state index contributed by atoms with van der Waals surface area (Å²) in [6.45, 7) is 10.6. The number of fused-ring (bicyclic) bond motifs is 1. The lowest BCUT2D eigenvalue weighted by molar-refractivity contribution is -0.133. The highest BCUT2D eigenvalue weighted by Gasteiger charge is 2.32. The summed E-state index contributed by atoms with van der Waals surface area (Å²) >= 11 is 0. The lowest BCUT2D eigenvalue weighted by Crippen LogP contribution is -2.54. The molecule has 0 bridgehead atoms. The molecule has 3 aliphatic rings. The van der Waals surface area contributed by atoms with Gasteiger partial charge in [0, 0.05) is 57.4 Å². The number of benzene rings is 1. The first-order valence-corrected chi connectivity index (χ1v) is 14.7. The van der Waals surface area contributed by atoms with Crippen LogP contribution in [0.3, 0.4) is 0 Å². The summed E-state index contributed by atoms with van der Waals surface area (Å²) in [7, 11) is 2.13. The maximum absolute atomic E-state index is 12.9. The van der Waals surface area contributed by atoms with Crippen molar-refractivity contribution in [1.82, 2.24) is 19.7 Å². The number of likely N-dealkylation sites (tertiary alicyclic amines) is 1. The monoisotopic (exact) mass is 581 g/mol. The van der Waals surface area contributed by atoms with Crippen molar-refractivity contribution < 1.29 is 9.53 Å². The van der Waals surface area contributed by atoms with Crippen LogP contribution in [-0.2, 0) is 24.3 Å². The number of nitrogens with zero attached hydrogens (tertiary/aromatic N) is 6. The third kappa shape index (κ3) is 6.95. The van der Waals surface area contributed by atoms with E-state index < -0.39 is 6.04 Å². The molecule has 10 heteroatoms. The second-order valence-corrected chi connectivity index (χ2v) is 11.8. The van der Waals surface area contributed by atoms with Gasteiger partial charge in [-0.05, 0) is 49.9 Å². The Morgan fingerprint density at radius 1 is 1.12 bits per heavy atom. The van der Waals surface area contributed by atoms with Gasteiger partial charge in [-0.25, -0.2) is 0 Å². The molecule has 0 radical (unpaired) electrons. The van der Waals surface area contributed by atoms with Crippen molar-refractivity contribution in [3.63, 3.8) is 0 Å². The summed E-state index contributed by atoms with van der Waals surface area (Å²) < 4.78 is 6.35. The van der Waals surface area contributed by atoms with Gasteiger partial charge in [0.1, 0.15) is 24.1 Å². The Hall–Kier alpha value is -2.90. The van der Waals surface area contributed by atoms with Crippen molar-refractivity contribution in [2.24, 2.45) is 11.7 Å². The maximum atomic E-state index is 12.9. The second kappa shape index (κ2) is 13.8. The van der Waals surface area contributed by atoms with Crippen LogP contribution < -0.4 is 15.4 Å². The van der Waals surface area contributed by atoms with Crippen molar-refractivity contribution in [3.05, 3.63) is 52.6 Å². The number of halogens is 1. The van der Waals surface area contributed by atoms with Crippen molar-refractivity contribution in [2.75, 3.05) is 57.8 Å². The molecule has 9 nitrogen and oxygen atoms in total. The molecule has 41 heavy (non-hydrogen) atoms. The first kappa shape index (κ1) is 31.0. The molecule has 0 spiro atoms. The number of pyridine rings is 1. The minimum Gasteiger partial charge on any atom is -0.475 e. The highest BCUT2D eigenvalue weighted by molar-refractivity contribution is 5.85. The van der Waals surface area contributed by atoms with Crippen LogP contribution in [0.2, 0.25) is 0 Å². The molecule has 1 aromatic heterocycles. The zero-order chi connectivity index (χ0) is 28.2. The average molecular weight is 582 g/mol.